The molecule has 2 unspecified atom stereocenters. The van der Waals surface area contributed by atoms with E-state index < -0.39 is 19.2 Å². The Hall–Kier alpha value is -2.70. The molecule has 0 fully saturated rings. The fourth-order valence-electron chi connectivity index (χ4n) is 2.88. The molecule has 5 nitrogen and oxygen atoms in total. The van der Waals surface area contributed by atoms with Crippen LogP contribution in [0.3, 0.4) is 0 Å². The van der Waals surface area contributed by atoms with Crippen LogP contribution in [0.2, 0.25) is 0 Å². The highest BCUT2D eigenvalue weighted by Crippen LogP contribution is 2.26. The molecule has 0 aliphatic heterocycles. The monoisotopic (exact) mass is 380 g/mol. The Morgan fingerprint density at radius 2 is 1.36 bits per heavy atom. The van der Waals surface area contributed by atoms with Gasteiger partial charge in [0.1, 0.15) is 25.3 Å². The van der Waals surface area contributed by atoms with Crippen LogP contribution in [-0.4, -0.2) is 24.1 Å². The highest BCUT2D eigenvalue weighted by Gasteiger charge is 2.14. The van der Waals surface area contributed by atoms with Crippen molar-refractivity contribution in [3.63, 3.8) is 0 Å². The van der Waals surface area contributed by atoms with Crippen molar-refractivity contribution >= 4 is 0 Å². The van der Waals surface area contributed by atoms with Crippen molar-refractivity contribution in [3.05, 3.63) is 101 Å². The van der Waals surface area contributed by atoms with Gasteiger partial charge in [-0.05, 0) is 28.8 Å². The van der Waals surface area contributed by atoms with Gasteiger partial charge in [-0.1, -0.05) is 66.7 Å². The first kappa shape index (κ1) is 20.0. The van der Waals surface area contributed by atoms with Crippen LogP contribution >= 0.6 is 0 Å². The molecule has 0 saturated carbocycles. The van der Waals surface area contributed by atoms with Crippen LogP contribution in [0.4, 0.5) is 0 Å². The summed E-state index contributed by atoms with van der Waals surface area (Å²) in [5, 5.41) is 19.5. The lowest BCUT2D eigenvalue weighted by Crippen LogP contribution is -2.08. The molecular formula is C23H24O5. The van der Waals surface area contributed by atoms with Crippen LogP contribution in [-0.2, 0) is 16.1 Å². The quantitative estimate of drug-likeness (QED) is 0.550. The van der Waals surface area contributed by atoms with Gasteiger partial charge in [-0.15, -0.1) is 0 Å². The van der Waals surface area contributed by atoms with Gasteiger partial charge in [-0.3, -0.25) is 0 Å². The van der Waals surface area contributed by atoms with Gasteiger partial charge < -0.3 is 24.4 Å². The highest BCUT2D eigenvalue weighted by molar-refractivity contribution is 5.35. The van der Waals surface area contributed by atoms with E-state index in [0.717, 1.165) is 28.0 Å². The molecule has 0 bridgehead atoms. The van der Waals surface area contributed by atoms with Crippen molar-refractivity contribution in [2.75, 3.05) is 13.9 Å². The van der Waals surface area contributed by atoms with E-state index in [4.69, 9.17) is 19.3 Å². The van der Waals surface area contributed by atoms with Crippen LogP contribution < -0.4 is 4.74 Å². The van der Waals surface area contributed by atoms with E-state index in [1.165, 1.54) is 7.11 Å². The molecular weight excluding hydrogens is 356 g/mol. The molecule has 3 aromatic rings. The van der Waals surface area contributed by atoms with Crippen LogP contribution in [0.5, 0.6) is 5.75 Å². The minimum atomic E-state index is -0.753. The van der Waals surface area contributed by atoms with Crippen LogP contribution in [0.1, 0.15) is 34.6 Å². The molecule has 0 spiro atoms. The maximum Gasteiger partial charge on any atom is 0.186 e. The molecule has 0 radical (unpaired) electrons. The molecule has 146 valence electrons. The van der Waals surface area contributed by atoms with Crippen molar-refractivity contribution in [1.29, 1.82) is 0 Å². The molecule has 3 rings (SSSR count). The van der Waals surface area contributed by atoms with Gasteiger partial charge in [0.2, 0.25) is 0 Å². The molecule has 0 heterocycles. The zero-order valence-corrected chi connectivity index (χ0v) is 15.7. The first-order chi connectivity index (χ1) is 13.7. The fourth-order valence-corrected chi connectivity index (χ4v) is 2.88. The lowest BCUT2D eigenvalue weighted by atomic mass is 10.00. The van der Waals surface area contributed by atoms with E-state index >= 15 is 0 Å². The average molecular weight is 380 g/mol. The lowest BCUT2D eigenvalue weighted by Gasteiger charge is -2.17. The summed E-state index contributed by atoms with van der Waals surface area (Å²) < 4.78 is 16.0. The van der Waals surface area contributed by atoms with E-state index in [9.17, 15) is 5.11 Å². The summed E-state index contributed by atoms with van der Waals surface area (Å²) in [6.07, 6.45) is -1.39. The number of aliphatic hydroxyl groups is 2. The molecule has 0 aliphatic carbocycles. The SMILES string of the molecule is COC(OCO)c1ccc(C(O)c2ccc(OCc3ccccc3)cc2)cc1. The minimum Gasteiger partial charge on any atom is -0.489 e. The largest absolute Gasteiger partial charge is 0.489 e. The highest BCUT2D eigenvalue weighted by atomic mass is 16.7. The Morgan fingerprint density at radius 3 is 1.93 bits per heavy atom. The smallest absolute Gasteiger partial charge is 0.186 e. The molecule has 3 aromatic carbocycles. The molecule has 28 heavy (non-hydrogen) atoms. The lowest BCUT2D eigenvalue weighted by molar-refractivity contribution is -0.171. The van der Waals surface area contributed by atoms with Crippen molar-refractivity contribution in [1.82, 2.24) is 0 Å². The fraction of sp³-hybridized carbons (Fsp3) is 0.217. The number of hydrogen-bond acceptors (Lipinski definition) is 5. The molecule has 0 aliphatic rings. The van der Waals surface area contributed by atoms with E-state index in [2.05, 4.69) is 0 Å². The van der Waals surface area contributed by atoms with Crippen LogP contribution in [0.25, 0.3) is 0 Å². The van der Waals surface area contributed by atoms with Crippen molar-refractivity contribution in [2.24, 2.45) is 0 Å². The van der Waals surface area contributed by atoms with Gasteiger partial charge in [-0.2, -0.15) is 0 Å². The minimum absolute atomic E-state index is 0.429. The Labute approximate surface area is 164 Å². The Kier molecular flexibility index (Phi) is 7.17. The van der Waals surface area contributed by atoms with Gasteiger partial charge in [-0.25, -0.2) is 0 Å². The number of methoxy groups -OCH3 is 1. The summed E-state index contributed by atoms with van der Waals surface area (Å²) in [4.78, 5) is 0. The molecule has 2 N–H and O–H groups in total. The number of aliphatic hydroxyl groups excluding tert-OH is 2. The van der Waals surface area contributed by atoms with E-state index in [0.29, 0.717) is 6.61 Å². The molecule has 0 saturated heterocycles. The third-order valence-corrected chi connectivity index (χ3v) is 4.41. The second-order valence-electron chi connectivity index (χ2n) is 6.28. The summed E-state index contributed by atoms with van der Waals surface area (Å²) in [5.74, 6) is 0.749. The Bertz CT molecular complexity index is 831. The second kappa shape index (κ2) is 10.0. The topological polar surface area (TPSA) is 68.2 Å². The zero-order chi connectivity index (χ0) is 19.8. The molecule has 0 aromatic heterocycles. The van der Waals surface area contributed by atoms with E-state index in [1.54, 1.807) is 12.1 Å². The van der Waals surface area contributed by atoms with Crippen molar-refractivity contribution in [3.8, 4) is 5.75 Å². The van der Waals surface area contributed by atoms with Gasteiger partial charge in [0, 0.05) is 12.7 Å². The summed E-state index contributed by atoms with van der Waals surface area (Å²) in [6, 6.07) is 24.6. The number of rotatable bonds is 9. The zero-order valence-electron chi connectivity index (χ0n) is 15.7. The number of benzene rings is 3. The standard InChI is InChI=1S/C23H24O5/c1-26-23(28-16-24)20-9-7-18(8-10-20)22(25)19-11-13-21(14-12-19)27-15-17-5-3-2-4-6-17/h2-14,22-25H,15-16H2,1H3. The van der Waals surface area contributed by atoms with E-state index in [1.807, 2.05) is 66.7 Å². The number of hydrogen-bond donors (Lipinski definition) is 2. The third kappa shape index (κ3) is 5.18. The predicted octanol–water partition coefficient (Wildman–Crippen LogP) is 3.96. The molecule has 2 atom stereocenters. The molecule has 0 amide bonds. The second-order valence-corrected chi connectivity index (χ2v) is 6.28. The van der Waals surface area contributed by atoms with Crippen molar-refractivity contribution < 1.29 is 24.4 Å². The summed E-state index contributed by atoms with van der Waals surface area (Å²) in [7, 11) is 1.50. The Balaban J connectivity index is 1.63. The summed E-state index contributed by atoms with van der Waals surface area (Å²) in [5.41, 5.74) is 3.39. The summed E-state index contributed by atoms with van der Waals surface area (Å²) in [6.45, 7) is 0.0718. The Morgan fingerprint density at radius 1 is 0.786 bits per heavy atom. The van der Waals surface area contributed by atoms with Crippen LogP contribution in [0.15, 0.2) is 78.9 Å². The van der Waals surface area contributed by atoms with Gasteiger partial charge >= 0.3 is 0 Å². The van der Waals surface area contributed by atoms with E-state index in [-0.39, 0.29) is 0 Å². The van der Waals surface area contributed by atoms with Gasteiger partial charge in [0.05, 0.1) is 0 Å². The maximum absolute atomic E-state index is 10.6. The van der Waals surface area contributed by atoms with Gasteiger partial charge in [0.15, 0.2) is 6.29 Å². The average Bonchev–Trinajstić information content (AvgIpc) is 2.77. The first-order valence-corrected chi connectivity index (χ1v) is 9.01. The van der Waals surface area contributed by atoms with Gasteiger partial charge in [0.25, 0.3) is 0 Å². The first-order valence-electron chi connectivity index (χ1n) is 9.01. The van der Waals surface area contributed by atoms with Crippen molar-refractivity contribution in [2.45, 2.75) is 19.0 Å². The number of ether oxygens (including phenoxy) is 3. The molecule has 5 heteroatoms. The normalized spacial score (nSPS) is 13.1. The third-order valence-electron chi connectivity index (χ3n) is 4.41. The maximum atomic E-state index is 10.6. The summed E-state index contributed by atoms with van der Waals surface area (Å²) >= 11 is 0. The predicted molar refractivity (Wildman–Crippen MR) is 106 cm³/mol. The van der Waals surface area contributed by atoms with Crippen LogP contribution in [0, 0.1) is 0 Å².